The fraction of sp³-hybridized carbons (Fsp3) is 0.700. The summed E-state index contributed by atoms with van der Waals surface area (Å²) >= 11 is 0. The quantitative estimate of drug-likeness (QED) is 0.681. The van der Waals surface area contributed by atoms with Crippen molar-refractivity contribution in [3.8, 4) is 0 Å². The monoisotopic (exact) mass is 212 g/mol. The van der Waals surface area contributed by atoms with E-state index in [9.17, 15) is 0 Å². The second kappa shape index (κ2) is 5.85. The van der Waals surface area contributed by atoms with Crippen LogP contribution in [0.2, 0.25) is 0 Å². The van der Waals surface area contributed by atoms with E-state index in [4.69, 9.17) is 10.8 Å². The van der Waals surface area contributed by atoms with Gasteiger partial charge >= 0.3 is 0 Å². The van der Waals surface area contributed by atoms with Gasteiger partial charge in [0.05, 0.1) is 18.8 Å². The van der Waals surface area contributed by atoms with Crippen LogP contribution in [-0.4, -0.2) is 46.0 Å². The molecule has 1 aromatic rings. The summed E-state index contributed by atoms with van der Waals surface area (Å²) in [5, 5.41) is 13.1. The van der Waals surface area contributed by atoms with E-state index >= 15 is 0 Å². The Bertz CT molecular complexity index is 287. The lowest BCUT2D eigenvalue weighted by atomic mass is 10.1. The summed E-state index contributed by atoms with van der Waals surface area (Å²) in [6.45, 7) is 4.28. The molecule has 0 amide bonds. The highest BCUT2D eigenvalue weighted by Gasteiger charge is 2.18. The molecule has 5 heteroatoms. The van der Waals surface area contributed by atoms with Gasteiger partial charge in [-0.2, -0.15) is 5.10 Å². The van der Waals surface area contributed by atoms with Crippen LogP contribution in [0.5, 0.6) is 0 Å². The van der Waals surface area contributed by atoms with E-state index in [-0.39, 0.29) is 12.6 Å². The summed E-state index contributed by atoms with van der Waals surface area (Å²) in [4.78, 5) is 2.15. The first-order valence-corrected chi connectivity index (χ1v) is 5.26. The second-order valence-corrected chi connectivity index (χ2v) is 3.55. The number of aromatic nitrogens is 2. The first-order valence-electron chi connectivity index (χ1n) is 5.26. The van der Waals surface area contributed by atoms with Crippen LogP contribution in [-0.2, 0) is 7.05 Å². The molecule has 5 nitrogen and oxygen atoms in total. The molecule has 0 bridgehead atoms. The average Bonchev–Trinajstić information content (AvgIpc) is 2.64. The van der Waals surface area contributed by atoms with Crippen molar-refractivity contribution in [1.29, 1.82) is 0 Å². The minimum absolute atomic E-state index is 0.149. The van der Waals surface area contributed by atoms with Gasteiger partial charge in [0.1, 0.15) is 0 Å². The third-order valence-electron chi connectivity index (χ3n) is 2.57. The van der Waals surface area contributed by atoms with Gasteiger partial charge in [0.2, 0.25) is 0 Å². The number of nitrogens with two attached hydrogens (primary N) is 1. The fourth-order valence-corrected chi connectivity index (χ4v) is 1.77. The standard InChI is InChI=1S/C10H20N4O/c1-3-14(4-5-15)10(6-11)9-7-12-13(2)8-9/h7-8,10,15H,3-6,11H2,1-2H3. The van der Waals surface area contributed by atoms with Gasteiger partial charge in [-0.1, -0.05) is 6.92 Å². The zero-order valence-electron chi connectivity index (χ0n) is 9.43. The summed E-state index contributed by atoms with van der Waals surface area (Å²) in [5.41, 5.74) is 6.87. The van der Waals surface area contributed by atoms with Gasteiger partial charge in [0.15, 0.2) is 0 Å². The first kappa shape index (κ1) is 12.2. The maximum atomic E-state index is 8.96. The molecule has 0 spiro atoms. The summed E-state index contributed by atoms with van der Waals surface area (Å²) in [5.74, 6) is 0. The lowest BCUT2D eigenvalue weighted by Crippen LogP contribution is -2.35. The van der Waals surface area contributed by atoms with E-state index in [1.54, 1.807) is 4.68 Å². The summed E-state index contributed by atoms with van der Waals surface area (Å²) < 4.78 is 1.77. The largest absolute Gasteiger partial charge is 0.395 e. The van der Waals surface area contributed by atoms with Crippen LogP contribution < -0.4 is 5.73 Å². The number of hydrogen-bond donors (Lipinski definition) is 2. The highest BCUT2D eigenvalue weighted by Crippen LogP contribution is 2.17. The topological polar surface area (TPSA) is 67.3 Å². The van der Waals surface area contributed by atoms with E-state index in [0.29, 0.717) is 13.1 Å². The van der Waals surface area contributed by atoms with Gasteiger partial charge in [0, 0.05) is 31.9 Å². The van der Waals surface area contributed by atoms with Crippen molar-refractivity contribution < 1.29 is 5.11 Å². The zero-order valence-corrected chi connectivity index (χ0v) is 9.43. The molecule has 0 aliphatic heterocycles. The lowest BCUT2D eigenvalue weighted by Gasteiger charge is -2.28. The van der Waals surface area contributed by atoms with E-state index in [1.807, 2.05) is 19.4 Å². The smallest absolute Gasteiger partial charge is 0.0558 e. The Morgan fingerprint density at radius 1 is 1.67 bits per heavy atom. The maximum Gasteiger partial charge on any atom is 0.0558 e. The van der Waals surface area contributed by atoms with Gasteiger partial charge in [-0.15, -0.1) is 0 Å². The molecule has 1 rings (SSSR count). The highest BCUT2D eigenvalue weighted by molar-refractivity contribution is 5.11. The van der Waals surface area contributed by atoms with Crippen molar-refractivity contribution in [1.82, 2.24) is 14.7 Å². The van der Waals surface area contributed by atoms with Crippen LogP contribution in [0.15, 0.2) is 12.4 Å². The molecule has 0 radical (unpaired) electrons. The molecule has 1 heterocycles. The van der Waals surface area contributed by atoms with Crippen LogP contribution in [0.1, 0.15) is 18.5 Å². The SMILES string of the molecule is CCN(CCO)C(CN)c1cnn(C)c1. The Morgan fingerprint density at radius 3 is 2.80 bits per heavy atom. The summed E-state index contributed by atoms with van der Waals surface area (Å²) in [6, 6.07) is 0.149. The van der Waals surface area contributed by atoms with Crippen molar-refractivity contribution in [3.63, 3.8) is 0 Å². The number of aliphatic hydroxyl groups excluding tert-OH is 1. The highest BCUT2D eigenvalue weighted by atomic mass is 16.3. The Kier molecular flexibility index (Phi) is 4.74. The molecular weight excluding hydrogens is 192 g/mol. The fourth-order valence-electron chi connectivity index (χ4n) is 1.77. The third-order valence-corrected chi connectivity index (χ3v) is 2.57. The molecule has 0 aromatic carbocycles. The molecule has 0 aliphatic rings. The Morgan fingerprint density at radius 2 is 2.40 bits per heavy atom. The molecular formula is C10H20N4O. The summed E-state index contributed by atoms with van der Waals surface area (Å²) in [6.07, 6.45) is 3.80. The molecule has 15 heavy (non-hydrogen) atoms. The predicted octanol–water partition coefficient (Wildman–Crippen LogP) is -0.266. The van der Waals surface area contributed by atoms with E-state index in [0.717, 1.165) is 12.1 Å². The van der Waals surface area contributed by atoms with E-state index in [1.165, 1.54) is 0 Å². The zero-order chi connectivity index (χ0) is 11.3. The molecule has 0 fully saturated rings. The predicted molar refractivity (Wildman–Crippen MR) is 59.3 cm³/mol. The van der Waals surface area contributed by atoms with Crippen molar-refractivity contribution in [2.45, 2.75) is 13.0 Å². The maximum absolute atomic E-state index is 8.96. The minimum Gasteiger partial charge on any atom is -0.395 e. The van der Waals surface area contributed by atoms with E-state index in [2.05, 4.69) is 16.9 Å². The molecule has 3 N–H and O–H groups in total. The summed E-state index contributed by atoms with van der Waals surface area (Å²) in [7, 11) is 1.89. The van der Waals surface area contributed by atoms with Crippen molar-refractivity contribution in [2.75, 3.05) is 26.2 Å². The van der Waals surface area contributed by atoms with Crippen LogP contribution in [0.4, 0.5) is 0 Å². The van der Waals surface area contributed by atoms with Gasteiger partial charge in [-0.25, -0.2) is 0 Å². The van der Waals surface area contributed by atoms with Gasteiger partial charge in [-0.05, 0) is 6.54 Å². The second-order valence-electron chi connectivity index (χ2n) is 3.55. The molecule has 1 atom stereocenters. The number of rotatable bonds is 6. The molecule has 0 saturated carbocycles. The molecule has 1 unspecified atom stereocenters. The average molecular weight is 212 g/mol. The molecule has 1 aromatic heterocycles. The van der Waals surface area contributed by atoms with Crippen molar-refractivity contribution in [2.24, 2.45) is 12.8 Å². The molecule has 86 valence electrons. The van der Waals surface area contributed by atoms with Gasteiger partial charge < -0.3 is 10.8 Å². The van der Waals surface area contributed by atoms with Crippen LogP contribution in [0.25, 0.3) is 0 Å². The lowest BCUT2D eigenvalue weighted by molar-refractivity contribution is 0.160. The van der Waals surface area contributed by atoms with Gasteiger partial charge in [0.25, 0.3) is 0 Å². The molecule has 0 aliphatic carbocycles. The number of aryl methyl sites for hydroxylation is 1. The van der Waals surface area contributed by atoms with Crippen molar-refractivity contribution >= 4 is 0 Å². The number of nitrogens with zero attached hydrogens (tertiary/aromatic N) is 3. The molecule has 0 saturated heterocycles. The third kappa shape index (κ3) is 3.02. The number of likely N-dealkylation sites (N-methyl/N-ethyl adjacent to an activating group) is 1. The van der Waals surface area contributed by atoms with Crippen LogP contribution >= 0.6 is 0 Å². The van der Waals surface area contributed by atoms with E-state index < -0.39 is 0 Å². The minimum atomic E-state index is 0.149. The Labute approximate surface area is 90.5 Å². The number of aliphatic hydroxyl groups is 1. The Balaban J connectivity index is 2.76. The van der Waals surface area contributed by atoms with Crippen LogP contribution in [0.3, 0.4) is 0 Å². The van der Waals surface area contributed by atoms with Gasteiger partial charge in [-0.3, -0.25) is 9.58 Å². The van der Waals surface area contributed by atoms with Crippen molar-refractivity contribution in [3.05, 3.63) is 18.0 Å². The Hall–Kier alpha value is -0.910. The number of hydrogen-bond acceptors (Lipinski definition) is 4. The normalized spacial score (nSPS) is 13.4. The first-order chi connectivity index (χ1) is 7.22. The van der Waals surface area contributed by atoms with Crippen LogP contribution in [0, 0.1) is 0 Å².